The van der Waals surface area contributed by atoms with E-state index in [0.29, 0.717) is 6.04 Å². The van der Waals surface area contributed by atoms with Crippen molar-refractivity contribution in [2.45, 2.75) is 45.6 Å². The number of nitrogens with zero attached hydrogens (tertiary/aromatic N) is 1. The van der Waals surface area contributed by atoms with Crippen LogP contribution in [0.15, 0.2) is 0 Å². The normalized spacial score (nSPS) is 13.8. The van der Waals surface area contributed by atoms with Crippen LogP contribution in [0, 0.1) is 0 Å². The van der Waals surface area contributed by atoms with Crippen LogP contribution >= 0.6 is 15.9 Å². The summed E-state index contributed by atoms with van der Waals surface area (Å²) in [6, 6.07) is 0.673. The van der Waals surface area contributed by atoms with E-state index in [1.165, 1.54) is 32.2 Å². The molecule has 0 saturated carbocycles. The van der Waals surface area contributed by atoms with Crippen molar-refractivity contribution < 1.29 is 0 Å². The van der Waals surface area contributed by atoms with Gasteiger partial charge in [0.1, 0.15) is 0 Å². The van der Waals surface area contributed by atoms with Crippen molar-refractivity contribution in [3.63, 3.8) is 0 Å². The van der Waals surface area contributed by atoms with Crippen molar-refractivity contribution in [3.05, 3.63) is 0 Å². The summed E-state index contributed by atoms with van der Waals surface area (Å²) >= 11 is 3.50. The summed E-state index contributed by atoms with van der Waals surface area (Å²) in [5.74, 6) is 0. The number of hydrogen-bond acceptors (Lipinski definition) is 1. The maximum Gasteiger partial charge on any atom is 0.0185 e. The molecule has 0 spiro atoms. The molecule has 0 rings (SSSR count). The fourth-order valence-electron chi connectivity index (χ4n) is 1.13. The Hall–Kier alpha value is 0.440. The van der Waals surface area contributed by atoms with E-state index in [4.69, 9.17) is 0 Å². The molecule has 0 aliphatic heterocycles. The van der Waals surface area contributed by atoms with Gasteiger partial charge in [-0.15, -0.1) is 0 Å². The summed E-state index contributed by atoms with van der Waals surface area (Å²) < 4.78 is 0. The standard InChI is InChI=1S/C10H22BrN/c1-4-5-6-7-8-12(3)10(2)9-11/h10H,4-9H2,1-3H3. The number of halogens is 1. The number of hydrogen-bond donors (Lipinski definition) is 0. The van der Waals surface area contributed by atoms with E-state index < -0.39 is 0 Å². The Morgan fingerprint density at radius 2 is 1.92 bits per heavy atom. The molecule has 0 aliphatic carbocycles. The molecule has 1 nitrogen and oxygen atoms in total. The van der Waals surface area contributed by atoms with Crippen LogP contribution in [-0.4, -0.2) is 29.9 Å². The quantitative estimate of drug-likeness (QED) is 0.484. The lowest BCUT2D eigenvalue weighted by molar-refractivity contribution is 0.272. The first-order valence-corrected chi connectivity index (χ1v) is 6.10. The van der Waals surface area contributed by atoms with E-state index in [1.54, 1.807) is 0 Å². The lowest BCUT2D eigenvalue weighted by Crippen LogP contribution is -2.31. The Bertz CT molecular complexity index is 95.8. The molecule has 74 valence electrons. The Balaban J connectivity index is 3.24. The van der Waals surface area contributed by atoms with Crippen LogP contribution in [0.2, 0.25) is 0 Å². The van der Waals surface area contributed by atoms with Crippen LogP contribution in [0.25, 0.3) is 0 Å². The SMILES string of the molecule is CCCCCCN(C)C(C)CBr. The van der Waals surface area contributed by atoms with Gasteiger partial charge in [-0.2, -0.15) is 0 Å². The van der Waals surface area contributed by atoms with Crippen LogP contribution in [0.4, 0.5) is 0 Å². The minimum atomic E-state index is 0.673. The van der Waals surface area contributed by atoms with Crippen molar-refractivity contribution >= 4 is 15.9 Å². The van der Waals surface area contributed by atoms with Gasteiger partial charge in [0.2, 0.25) is 0 Å². The number of unbranched alkanes of at least 4 members (excludes halogenated alkanes) is 3. The zero-order valence-electron chi connectivity index (χ0n) is 8.65. The Labute approximate surface area is 85.7 Å². The molecule has 0 fully saturated rings. The second-order valence-electron chi connectivity index (χ2n) is 3.54. The van der Waals surface area contributed by atoms with E-state index in [1.807, 2.05) is 0 Å². The molecular weight excluding hydrogens is 214 g/mol. The Morgan fingerprint density at radius 1 is 1.25 bits per heavy atom. The summed E-state index contributed by atoms with van der Waals surface area (Å²) in [4.78, 5) is 2.42. The number of alkyl halides is 1. The highest BCUT2D eigenvalue weighted by molar-refractivity contribution is 9.09. The van der Waals surface area contributed by atoms with Gasteiger partial charge in [-0.3, -0.25) is 0 Å². The zero-order valence-corrected chi connectivity index (χ0v) is 10.2. The van der Waals surface area contributed by atoms with E-state index in [0.717, 1.165) is 5.33 Å². The van der Waals surface area contributed by atoms with Crippen molar-refractivity contribution in [2.24, 2.45) is 0 Å². The summed E-state index contributed by atoms with van der Waals surface area (Å²) in [5, 5.41) is 1.08. The van der Waals surface area contributed by atoms with Crippen LogP contribution in [0.3, 0.4) is 0 Å². The molecule has 0 saturated heterocycles. The van der Waals surface area contributed by atoms with Gasteiger partial charge in [0.05, 0.1) is 0 Å². The largest absolute Gasteiger partial charge is 0.303 e. The lowest BCUT2D eigenvalue weighted by atomic mass is 10.2. The summed E-state index contributed by atoms with van der Waals surface area (Å²) in [5.41, 5.74) is 0. The van der Waals surface area contributed by atoms with Crippen molar-refractivity contribution in [1.82, 2.24) is 4.90 Å². The molecule has 0 N–H and O–H groups in total. The third kappa shape index (κ3) is 6.01. The van der Waals surface area contributed by atoms with Gasteiger partial charge in [0.15, 0.2) is 0 Å². The summed E-state index contributed by atoms with van der Waals surface area (Å²) in [6.07, 6.45) is 5.45. The fraction of sp³-hybridized carbons (Fsp3) is 1.00. The van der Waals surface area contributed by atoms with Gasteiger partial charge >= 0.3 is 0 Å². The first kappa shape index (κ1) is 12.4. The maximum absolute atomic E-state index is 3.50. The molecule has 1 unspecified atom stereocenters. The predicted molar refractivity (Wildman–Crippen MR) is 60.0 cm³/mol. The minimum absolute atomic E-state index is 0.673. The van der Waals surface area contributed by atoms with Crippen molar-refractivity contribution in [2.75, 3.05) is 18.9 Å². The molecule has 0 radical (unpaired) electrons. The Kier molecular flexibility index (Phi) is 8.35. The van der Waals surface area contributed by atoms with Crippen molar-refractivity contribution in [3.8, 4) is 0 Å². The van der Waals surface area contributed by atoms with E-state index >= 15 is 0 Å². The molecule has 0 amide bonds. The smallest absolute Gasteiger partial charge is 0.0185 e. The predicted octanol–water partition coefficient (Wildman–Crippen LogP) is 3.28. The van der Waals surface area contributed by atoms with Gasteiger partial charge in [-0.1, -0.05) is 42.1 Å². The second-order valence-corrected chi connectivity index (χ2v) is 4.19. The van der Waals surface area contributed by atoms with Gasteiger partial charge in [0, 0.05) is 11.4 Å². The highest BCUT2D eigenvalue weighted by Crippen LogP contribution is 2.04. The molecular formula is C10H22BrN. The third-order valence-electron chi connectivity index (χ3n) is 2.34. The first-order chi connectivity index (χ1) is 5.72. The summed E-state index contributed by atoms with van der Waals surface area (Å²) in [6.45, 7) is 5.76. The molecule has 0 aromatic heterocycles. The van der Waals surface area contributed by atoms with E-state index in [2.05, 4.69) is 41.7 Å². The second kappa shape index (κ2) is 8.06. The van der Waals surface area contributed by atoms with Gasteiger partial charge in [-0.25, -0.2) is 0 Å². The molecule has 12 heavy (non-hydrogen) atoms. The average molecular weight is 236 g/mol. The van der Waals surface area contributed by atoms with Crippen LogP contribution in [0.5, 0.6) is 0 Å². The van der Waals surface area contributed by atoms with Crippen molar-refractivity contribution in [1.29, 1.82) is 0 Å². The average Bonchev–Trinajstić information content (AvgIpc) is 2.10. The summed E-state index contributed by atoms with van der Waals surface area (Å²) in [7, 11) is 2.21. The van der Waals surface area contributed by atoms with Gasteiger partial charge in [-0.05, 0) is 26.9 Å². The molecule has 0 aromatic carbocycles. The lowest BCUT2D eigenvalue weighted by Gasteiger charge is -2.22. The monoisotopic (exact) mass is 235 g/mol. The van der Waals surface area contributed by atoms with Gasteiger partial charge in [0.25, 0.3) is 0 Å². The van der Waals surface area contributed by atoms with E-state index in [9.17, 15) is 0 Å². The molecule has 0 aliphatic rings. The highest BCUT2D eigenvalue weighted by Gasteiger charge is 2.05. The topological polar surface area (TPSA) is 3.24 Å². The third-order valence-corrected chi connectivity index (χ3v) is 3.28. The van der Waals surface area contributed by atoms with Crippen LogP contribution in [0.1, 0.15) is 39.5 Å². The van der Waals surface area contributed by atoms with Crippen LogP contribution in [-0.2, 0) is 0 Å². The Morgan fingerprint density at radius 3 is 2.42 bits per heavy atom. The maximum atomic E-state index is 3.50. The van der Waals surface area contributed by atoms with Gasteiger partial charge < -0.3 is 4.90 Å². The zero-order chi connectivity index (χ0) is 9.40. The molecule has 0 bridgehead atoms. The van der Waals surface area contributed by atoms with E-state index in [-0.39, 0.29) is 0 Å². The highest BCUT2D eigenvalue weighted by atomic mass is 79.9. The fourth-order valence-corrected chi connectivity index (χ4v) is 1.62. The molecule has 2 heteroatoms. The number of rotatable bonds is 7. The van der Waals surface area contributed by atoms with Crippen LogP contribution < -0.4 is 0 Å². The molecule has 0 aromatic rings. The first-order valence-electron chi connectivity index (χ1n) is 4.98. The molecule has 1 atom stereocenters. The molecule has 0 heterocycles. The minimum Gasteiger partial charge on any atom is -0.303 e.